The zero-order valence-electron chi connectivity index (χ0n) is 14.3. The fourth-order valence-electron chi connectivity index (χ4n) is 3.47. The standard InChI is InChI=1S/C19H25NO4/c1-2-23-19(22)16-5-3-9-20(13-16)18(21)12-14-7-8-17-15(11-14)6-4-10-24-17/h7-8,11,16H,2-6,9-10,12-13H2,1H3. The van der Waals surface area contributed by atoms with Crippen LogP contribution in [0, 0.1) is 5.92 Å². The molecule has 2 heterocycles. The van der Waals surface area contributed by atoms with Crippen LogP contribution >= 0.6 is 0 Å². The maximum absolute atomic E-state index is 12.6. The van der Waals surface area contributed by atoms with Crippen LogP contribution in [-0.2, 0) is 27.2 Å². The van der Waals surface area contributed by atoms with Crippen molar-refractivity contribution < 1.29 is 19.1 Å². The number of amides is 1. The summed E-state index contributed by atoms with van der Waals surface area (Å²) in [5.41, 5.74) is 2.21. The third-order valence-electron chi connectivity index (χ3n) is 4.72. The zero-order valence-corrected chi connectivity index (χ0v) is 14.3. The number of likely N-dealkylation sites (tertiary alicyclic amines) is 1. The molecule has 0 aromatic heterocycles. The number of fused-ring (bicyclic) bond motifs is 1. The fraction of sp³-hybridized carbons (Fsp3) is 0.579. The van der Waals surface area contributed by atoms with E-state index in [2.05, 4.69) is 6.07 Å². The lowest BCUT2D eigenvalue weighted by molar-refractivity contribution is -0.151. The molecule has 0 saturated carbocycles. The van der Waals surface area contributed by atoms with Crippen molar-refractivity contribution in [2.45, 2.75) is 39.0 Å². The Morgan fingerprint density at radius 1 is 1.33 bits per heavy atom. The maximum Gasteiger partial charge on any atom is 0.310 e. The van der Waals surface area contributed by atoms with E-state index in [0.29, 0.717) is 19.6 Å². The number of ether oxygens (including phenoxy) is 2. The summed E-state index contributed by atoms with van der Waals surface area (Å²) < 4.78 is 10.7. The Balaban J connectivity index is 1.61. The van der Waals surface area contributed by atoms with Crippen LogP contribution in [0.5, 0.6) is 5.75 Å². The Bertz CT molecular complexity index is 613. The van der Waals surface area contributed by atoms with Crippen molar-refractivity contribution in [2.24, 2.45) is 5.92 Å². The normalized spacial score (nSPS) is 20.0. The predicted molar refractivity (Wildman–Crippen MR) is 89.9 cm³/mol. The molecule has 1 unspecified atom stereocenters. The average molecular weight is 331 g/mol. The van der Waals surface area contributed by atoms with Crippen molar-refractivity contribution in [3.05, 3.63) is 29.3 Å². The average Bonchev–Trinajstić information content (AvgIpc) is 2.62. The van der Waals surface area contributed by atoms with Gasteiger partial charge in [0, 0.05) is 13.1 Å². The molecule has 1 aromatic carbocycles. The summed E-state index contributed by atoms with van der Waals surface area (Å²) >= 11 is 0. The molecule has 1 amide bonds. The lowest BCUT2D eigenvalue weighted by atomic mass is 9.97. The van der Waals surface area contributed by atoms with Gasteiger partial charge >= 0.3 is 5.97 Å². The molecule has 5 heteroatoms. The highest BCUT2D eigenvalue weighted by Gasteiger charge is 2.29. The lowest BCUT2D eigenvalue weighted by Crippen LogP contribution is -2.43. The zero-order chi connectivity index (χ0) is 16.9. The van der Waals surface area contributed by atoms with Gasteiger partial charge in [0.15, 0.2) is 0 Å². The molecule has 5 nitrogen and oxygen atoms in total. The Morgan fingerprint density at radius 2 is 2.21 bits per heavy atom. The summed E-state index contributed by atoms with van der Waals surface area (Å²) in [6.45, 7) is 4.17. The van der Waals surface area contributed by atoms with Gasteiger partial charge in [-0.3, -0.25) is 9.59 Å². The summed E-state index contributed by atoms with van der Waals surface area (Å²) in [7, 11) is 0. The number of carbonyl (C=O) groups excluding carboxylic acids is 2. The SMILES string of the molecule is CCOC(=O)C1CCCN(C(=O)Cc2ccc3c(c2)CCCO3)C1. The maximum atomic E-state index is 12.6. The van der Waals surface area contributed by atoms with Crippen LogP contribution in [0.1, 0.15) is 37.3 Å². The molecule has 130 valence electrons. The number of hydrogen-bond donors (Lipinski definition) is 0. The van der Waals surface area contributed by atoms with Gasteiger partial charge in [0.2, 0.25) is 5.91 Å². The van der Waals surface area contributed by atoms with Crippen molar-refractivity contribution in [2.75, 3.05) is 26.3 Å². The molecule has 2 aliphatic heterocycles. The molecule has 3 rings (SSSR count). The first-order valence-electron chi connectivity index (χ1n) is 8.86. The topological polar surface area (TPSA) is 55.8 Å². The number of rotatable bonds is 4. The van der Waals surface area contributed by atoms with E-state index >= 15 is 0 Å². The number of aryl methyl sites for hydroxylation is 1. The van der Waals surface area contributed by atoms with E-state index in [9.17, 15) is 9.59 Å². The first-order chi connectivity index (χ1) is 11.7. The summed E-state index contributed by atoms with van der Waals surface area (Å²) in [4.78, 5) is 26.3. The summed E-state index contributed by atoms with van der Waals surface area (Å²) in [6, 6.07) is 6.02. The van der Waals surface area contributed by atoms with E-state index in [1.807, 2.05) is 19.1 Å². The Morgan fingerprint density at radius 3 is 3.04 bits per heavy atom. The van der Waals surface area contributed by atoms with E-state index in [1.165, 1.54) is 5.56 Å². The minimum Gasteiger partial charge on any atom is -0.493 e. The highest BCUT2D eigenvalue weighted by atomic mass is 16.5. The number of hydrogen-bond acceptors (Lipinski definition) is 4. The van der Waals surface area contributed by atoms with Gasteiger partial charge in [0.25, 0.3) is 0 Å². The predicted octanol–water partition coefficient (Wildman–Crippen LogP) is 2.36. The van der Waals surface area contributed by atoms with Gasteiger partial charge in [-0.05, 0) is 49.8 Å². The molecule has 0 N–H and O–H groups in total. The van der Waals surface area contributed by atoms with Crippen LogP contribution in [-0.4, -0.2) is 43.1 Å². The molecule has 0 bridgehead atoms. The molecule has 1 fully saturated rings. The number of nitrogens with zero attached hydrogens (tertiary/aromatic N) is 1. The Labute approximate surface area is 142 Å². The summed E-state index contributed by atoms with van der Waals surface area (Å²) in [5, 5.41) is 0. The Kier molecular flexibility index (Phi) is 5.38. The van der Waals surface area contributed by atoms with Gasteiger partial charge in [-0.2, -0.15) is 0 Å². The highest BCUT2D eigenvalue weighted by Crippen LogP contribution is 2.26. The first-order valence-corrected chi connectivity index (χ1v) is 8.86. The van der Waals surface area contributed by atoms with Gasteiger partial charge in [0.05, 0.1) is 25.6 Å². The molecular weight excluding hydrogens is 306 g/mol. The number of esters is 1. The van der Waals surface area contributed by atoms with Gasteiger partial charge in [-0.25, -0.2) is 0 Å². The Hall–Kier alpha value is -2.04. The minimum absolute atomic E-state index is 0.0840. The van der Waals surface area contributed by atoms with Crippen LogP contribution in [0.4, 0.5) is 0 Å². The summed E-state index contributed by atoms with van der Waals surface area (Å²) in [5.74, 6) is 0.666. The molecule has 1 saturated heterocycles. The molecule has 24 heavy (non-hydrogen) atoms. The van der Waals surface area contributed by atoms with Crippen molar-refractivity contribution in [1.29, 1.82) is 0 Å². The number of piperidine rings is 1. The largest absolute Gasteiger partial charge is 0.493 e. The molecule has 0 spiro atoms. The van der Waals surface area contributed by atoms with Crippen LogP contribution in [0.2, 0.25) is 0 Å². The van der Waals surface area contributed by atoms with Crippen LogP contribution in [0.25, 0.3) is 0 Å². The third-order valence-corrected chi connectivity index (χ3v) is 4.72. The summed E-state index contributed by atoms with van der Waals surface area (Å²) in [6.07, 6.45) is 4.07. The number of benzene rings is 1. The smallest absolute Gasteiger partial charge is 0.310 e. The van der Waals surface area contributed by atoms with E-state index in [-0.39, 0.29) is 17.8 Å². The van der Waals surface area contributed by atoms with Crippen LogP contribution in [0.15, 0.2) is 18.2 Å². The number of carbonyl (C=O) groups is 2. The second kappa shape index (κ2) is 7.69. The third kappa shape index (κ3) is 3.89. The lowest BCUT2D eigenvalue weighted by Gasteiger charge is -2.31. The second-order valence-electron chi connectivity index (χ2n) is 6.50. The van der Waals surface area contributed by atoms with Crippen LogP contribution < -0.4 is 4.74 Å². The van der Waals surface area contributed by atoms with Crippen molar-refractivity contribution >= 4 is 11.9 Å². The second-order valence-corrected chi connectivity index (χ2v) is 6.50. The molecule has 1 atom stereocenters. The van der Waals surface area contributed by atoms with Crippen molar-refractivity contribution in [3.8, 4) is 5.75 Å². The minimum atomic E-state index is -0.181. The fourth-order valence-corrected chi connectivity index (χ4v) is 3.47. The molecule has 1 aromatic rings. The molecular formula is C19H25NO4. The first kappa shape index (κ1) is 16.8. The van der Waals surface area contributed by atoms with E-state index < -0.39 is 0 Å². The van der Waals surface area contributed by atoms with E-state index in [1.54, 1.807) is 4.90 Å². The molecule has 2 aliphatic rings. The van der Waals surface area contributed by atoms with Crippen molar-refractivity contribution in [1.82, 2.24) is 4.90 Å². The van der Waals surface area contributed by atoms with Crippen molar-refractivity contribution in [3.63, 3.8) is 0 Å². The highest BCUT2D eigenvalue weighted by molar-refractivity contribution is 5.80. The molecule has 0 radical (unpaired) electrons. The monoisotopic (exact) mass is 331 g/mol. The van der Waals surface area contributed by atoms with Gasteiger partial charge < -0.3 is 14.4 Å². The van der Waals surface area contributed by atoms with Gasteiger partial charge in [-0.1, -0.05) is 12.1 Å². The quantitative estimate of drug-likeness (QED) is 0.795. The molecule has 0 aliphatic carbocycles. The van der Waals surface area contributed by atoms with Gasteiger partial charge in [-0.15, -0.1) is 0 Å². The van der Waals surface area contributed by atoms with Gasteiger partial charge in [0.1, 0.15) is 5.75 Å². The van der Waals surface area contributed by atoms with E-state index in [4.69, 9.17) is 9.47 Å². The van der Waals surface area contributed by atoms with Crippen LogP contribution in [0.3, 0.4) is 0 Å². The van der Waals surface area contributed by atoms with E-state index in [0.717, 1.165) is 50.1 Å².